The number of carbonyl (C=O) groups excluding carboxylic acids is 1. The number of carbonyl (C=O) groups is 1. The smallest absolute Gasteiger partial charge is 0.339 e. The summed E-state index contributed by atoms with van der Waals surface area (Å²) in [6, 6.07) is 7.77. The lowest BCUT2D eigenvalue weighted by molar-refractivity contribution is 0.0336. The summed E-state index contributed by atoms with van der Waals surface area (Å²) in [6.45, 7) is 3.28. The summed E-state index contributed by atoms with van der Waals surface area (Å²) in [4.78, 5) is 17.2. The fourth-order valence-electron chi connectivity index (χ4n) is 2.85. The molecule has 0 fully saturated rings. The fourth-order valence-corrected chi connectivity index (χ4v) is 2.85. The molecule has 0 saturated carbocycles. The van der Waals surface area contributed by atoms with E-state index in [1.807, 2.05) is 31.2 Å². The van der Waals surface area contributed by atoms with E-state index in [1.54, 1.807) is 0 Å². The molecule has 1 heterocycles. The highest BCUT2D eigenvalue weighted by atomic mass is 16.6. The molecule has 0 aliphatic heterocycles. The Hall–Kier alpha value is -1.94. The van der Waals surface area contributed by atoms with Gasteiger partial charge in [0.25, 0.3) is 0 Å². The third-order valence-electron chi connectivity index (χ3n) is 3.79. The van der Waals surface area contributed by atoms with Crippen LogP contribution >= 0.6 is 0 Å². The van der Waals surface area contributed by atoms with Crippen LogP contribution in [0.1, 0.15) is 35.0 Å². The first-order valence-corrected chi connectivity index (χ1v) is 7.46. The first kappa shape index (κ1) is 14.0. The van der Waals surface area contributed by atoms with Crippen molar-refractivity contribution in [1.82, 2.24) is 4.98 Å². The zero-order valence-electron chi connectivity index (χ0n) is 12.2. The second-order valence-electron chi connectivity index (χ2n) is 5.12. The second-order valence-corrected chi connectivity index (χ2v) is 5.12. The van der Waals surface area contributed by atoms with E-state index in [0.29, 0.717) is 18.8 Å². The molecule has 2 aromatic rings. The molecule has 0 bridgehead atoms. The Morgan fingerprint density at radius 1 is 1.24 bits per heavy atom. The molecule has 1 aliphatic rings. The number of fused-ring (bicyclic) bond motifs is 2. The molecule has 21 heavy (non-hydrogen) atoms. The van der Waals surface area contributed by atoms with Crippen molar-refractivity contribution in [3.05, 3.63) is 41.1 Å². The molecule has 4 heteroatoms. The van der Waals surface area contributed by atoms with E-state index in [1.165, 1.54) is 0 Å². The van der Waals surface area contributed by atoms with Gasteiger partial charge in [0.05, 0.1) is 17.7 Å². The van der Waals surface area contributed by atoms with Gasteiger partial charge in [0.2, 0.25) is 0 Å². The van der Waals surface area contributed by atoms with Gasteiger partial charge in [-0.15, -0.1) is 0 Å². The number of rotatable bonds is 5. The number of benzene rings is 1. The highest BCUT2D eigenvalue weighted by molar-refractivity contribution is 6.05. The van der Waals surface area contributed by atoms with Gasteiger partial charge in [-0.3, -0.25) is 4.98 Å². The van der Waals surface area contributed by atoms with E-state index in [9.17, 15) is 4.79 Å². The van der Waals surface area contributed by atoms with Crippen LogP contribution in [-0.2, 0) is 22.3 Å². The lowest BCUT2D eigenvalue weighted by Crippen LogP contribution is -2.14. The minimum Gasteiger partial charge on any atom is -0.460 e. The van der Waals surface area contributed by atoms with Crippen LogP contribution in [0.4, 0.5) is 0 Å². The second kappa shape index (κ2) is 6.22. The number of esters is 1. The van der Waals surface area contributed by atoms with Crippen LogP contribution in [0, 0.1) is 0 Å². The zero-order valence-corrected chi connectivity index (χ0v) is 12.2. The molecule has 0 N–H and O–H groups in total. The highest BCUT2D eigenvalue weighted by Gasteiger charge is 2.24. The lowest BCUT2D eigenvalue weighted by atomic mass is 10.0. The van der Waals surface area contributed by atoms with Crippen molar-refractivity contribution >= 4 is 16.9 Å². The first-order chi connectivity index (χ1) is 10.3. The number of para-hydroxylation sites is 1. The highest BCUT2D eigenvalue weighted by Crippen LogP contribution is 2.30. The molecule has 110 valence electrons. The maximum Gasteiger partial charge on any atom is 0.339 e. The molecule has 0 spiro atoms. The zero-order chi connectivity index (χ0) is 14.7. The quantitative estimate of drug-likeness (QED) is 0.626. The van der Waals surface area contributed by atoms with Crippen molar-refractivity contribution in [3.63, 3.8) is 0 Å². The Balaban J connectivity index is 1.94. The van der Waals surface area contributed by atoms with Gasteiger partial charge < -0.3 is 9.47 Å². The predicted octanol–water partition coefficient (Wildman–Crippen LogP) is 2.92. The predicted molar refractivity (Wildman–Crippen MR) is 80.5 cm³/mol. The third-order valence-corrected chi connectivity index (χ3v) is 3.79. The molecule has 0 amide bonds. The SMILES string of the molecule is CCOCCOC(=O)c1c2c(nc3ccccc13)CCC2. The van der Waals surface area contributed by atoms with Gasteiger partial charge in [-0.05, 0) is 37.8 Å². The minimum atomic E-state index is -0.258. The number of ether oxygens (including phenoxy) is 2. The minimum absolute atomic E-state index is 0.258. The summed E-state index contributed by atoms with van der Waals surface area (Å²) in [5, 5.41) is 0.888. The van der Waals surface area contributed by atoms with Crippen LogP contribution in [0.2, 0.25) is 0 Å². The summed E-state index contributed by atoms with van der Waals surface area (Å²) in [5.41, 5.74) is 3.68. The average molecular weight is 285 g/mol. The molecule has 1 aliphatic carbocycles. The summed E-state index contributed by atoms with van der Waals surface area (Å²) >= 11 is 0. The first-order valence-electron chi connectivity index (χ1n) is 7.46. The molecule has 1 aromatic heterocycles. The molecule has 3 rings (SSSR count). The lowest BCUT2D eigenvalue weighted by Gasteiger charge is -2.12. The van der Waals surface area contributed by atoms with Crippen molar-refractivity contribution in [2.45, 2.75) is 26.2 Å². The van der Waals surface area contributed by atoms with E-state index >= 15 is 0 Å². The van der Waals surface area contributed by atoms with Crippen LogP contribution in [-0.4, -0.2) is 30.8 Å². The molecular weight excluding hydrogens is 266 g/mol. The topological polar surface area (TPSA) is 48.4 Å². The standard InChI is InChI=1S/C17H19NO3/c1-2-20-10-11-21-17(19)16-12-6-3-4-8-14(12)18-15-9-5-7-13(15)16/h3-4,6,8H,2,5,7,9-11H2,1H3. The Labute approximate surface area is 124 Å². The van der Waals surface area contributed by atoms with Crippen LogP contribution in [0.5, 0.6) is 0 Å². The fraction of sp³-hybridized carbons (Fsp3) is 0.412. The maximum atomic E-state index is 12.5. The molecule has 0 unspecified atom stereocenters. The molecule has 0 radical (unpaired) electrons. The average Bonchev–Trinajstić information content (AvgIpc) is 2.96. The van der Waals surface area contributed by atoms with Gasteiger partial charge in [-0.1, -0.05) is 18.2 Å². The van der Waals surface area contributed by atoms with Gasteiger partial charge in [0.15, 0.2) is 0 Å². The van der Waals surface area contributed by atoms with Crippen molar-refractivity contribution in [2.75, 3.05) is 19.8 Å². The summed E-state index contributed by atoms with van der Waals surface area (Å²) in [7, 11) is 0. The van der Waals surface area contributed by atoms with Gasteiger partial charge in [-0.25, -0.2) is 4.79 Å². The van der Waals surface area contributed by atoms with Gasteiger partial charge >= 0.3 is 5.97 Å². The van der Waals surface area contributed by atoms with E-state index in [-0.39, 0.29) is 12.6 Å². The van der Waals surface area contributed by atoms with Crippen molar-refractivity contribution in [2.24, 2.45) is 0 Å². The van der Waals surface area contributed by atoms with E-state index in [4.69, 9.17) is 9.47 Å². The molecule has 4 nitrogen and oxygen atoms in total. The van der Waals surface area contributed by atoms with Crippen LogP contribution in [0.15, 0.2) is 24.3 Å². The Bertz CT molecular complexity index is 666. The van der Waals surface area contributed by atoms with Crippen molar-refractivity contribution in [1.29, 1.82) is 0 Å². The van der Waals surface area contributed by atoms with Gasteiger partial charge in [0, 0.05) is 17.7 Å². The summed E-state index contributed by atoms with van der Waals surface area (Å²) in [6.07, 6.45) is 2.90. The van der Waals surface area contributed by atoms with Crippen LogP contribution in [0.25, 0.3) is 10.9 Å². The Morgan fingerprint density at radius 2 is 2.10 bits per heavy atom. The normalized spacial score (nSPS) is 13.4. The van der Waals surface area contributed by atoms with Crippen LogP contribution < -0.4 is 0 Å². The van der Waals surface area contributed by atoms with Gasteiger partial charge in [-0.2, -0.15) is 0 Å². The van der Waals surface area contributed by atoms with E-state index < -0.39 is 0 Å². The molecular formula is C17H19NO3. The van der Waals surface area contributed by atoms with Crippen molar-refractivity contribution < 1.29 is 14.3 Å². The number of aromatic nitrogens is 1. The monoisotopic (exact) mass is 285 g/mol. The van der Waals surface area contributed by atoms with Gasteiger partial charge in [0.1, 0.15) is 6.61 Å². The van der Waals surface area contributed by atoms with Crippen molar-refractivity contribution in [3.8, 4) is 0 Å². The molecule has 0 saturated heterocycles. The maximum absolute atomic E-state index is 12.5. The summed E-state index contributed by atoms with van der Waals surface area (Å²) in [5.74, 6) is -0.258. The Morgan fingerprint density at radius 3 is 2.95 bits per heavy atom. The number of hydrogen-bond donors (Lipinski definition) is 0. The van der Waals surface area contributed by atoms with E-state index in [0.717, 1.165) is 41.4 Å². The molecule has 1 aromatic carbocycles. The number of aryl methyl sites for hydroxylation is 1. The Kier molecular flexibility index (Phi) is 4.15. The number of pyridine rings is 1. The number of hydrogen-bond acceptors (Lipinski definition) is 4. The molecule has 0 atom stereocenters. The number of nitrogens with zero attached hydrogens (tertiary/aromatic N) is 1. The summed E-state index contributed by atoms with van der Waals surface area (Å²) < 4.78 is 10.6. The third kappa shape index (κ3) is 2.76. The van der Waals surface area contributed by atoms with E-state index in [2.05, 4.69) is 4.98 Å². The van der Waals surface area contributed by atoms with Crippen LogP contribution in [0.3, 0.4) is 0 Å². The largest absolute Gasteiger partial charge is 0.460 e.